The van der Waals surface area contributed by atoms with Gasteiger partial charge in [-0.2, -0.15) is 0 Å². The first-order chi connectivity index (χ1) is 36.8. The molecular formula is C53H58ClN11O10S. The van der Waals surface area contributed by atoms with E-state index < -0.39 is 12.0 Å². The van der Waals surface area contributed by atoms with Gasteiger partial charge in [0.1, 0.15) is 28.4 Å². The van der Waals surface area contributed by atoms with Crippen molar-refractivity contribution >= 4 is 75.1 Å². The Morgan fingerprint density at radius 3 is 2.28 bits per heavy atom. The van der Waals surface area contributed by atoms with Crippen molar-refractivity contribution in [2.45, 2.75) is 46.7 Å². The summed E-state index contributed by atoms with van der Waals surface area (Å²) in [6.07, 6.45) is 4.01. The Hall–Kier alpha value is -7.63. The molecule has 0 spiro atoms. The summed E-state index contributed by atoms with van der Waals surface area (Å²) in [4.78, 5) is 70.3. The number of esters is 1. The maximum atomic E-state index is 13.7. The van der Waals surface area contributed by atoms with E-state index in [4.69, 9.17) is 49.8 Å². The van der Waals surface area contributed by atoms with E-state index in [1.807, 2.05) is 68.7 Å². The molecule has 0 bridgehead atoms. The lowest BCUT2D eigenvalue weighted by Gasteiger charge is -2.28. The number of aryl methyl sites for hydroxylation is 3. The molecule has 6 heterocycles. The van der Waals surface area contributed by atoms with Crippen LogP contribution in [0.1, 0.15) is 67.6 Å². The zero-order valence-corrected chi connectivity index (χ0v) is 44.7. The van der Waals surface area contributed by atoms with Gasteiger partial charge in [-0.05, 0) is 69.7 Å². The van der Waals surface area contributed by atoms with Gasteiger partial charge in [-0.15, -0.1) is 21.5 Å². The number of aliphatic imine (C=N–C) groups is 1. The lowest BCUT2D eigenvalue weighted by molar-refractivity contribution is -0.141. The molecule has 3 amide bonds. The molecule has 1 aliphatic heterocycles. The molecule has 21 nitrogen and oxygen atoms in total. The molecule has 1 atom stereocenters. The van der Waals surface area contributed by atoms with Crippen LogP contribution in [0.4, 0.5) is 11.4 Å². The Morgan fingerprint density at radius 2 is 1.62 bits per heavy atom. The van der Waals surface area contributed by atoms with Crippen LogP contribution in [0.2, 0.25) is 5.02 Å². The van der Waals surface area contributed by atoms with E-state index in [2.05, 4.69) is 31.0 Å². The monoisotopic (exact) mass is 1080 g/mol. The molecule has 1 unspecified atom stereocenters. The van der Waals surface area contributed by atoms with Crippen LogP contribution in [-0.2, 0) is 39.9 Å². The summed E-state index contributed by atoms with van der Waals surface area (Å²) in [5, 5.41) is 20.6. The number of nitrogens with one attached hydrogen (secondary N) is 2. The Morgan fingerprint density at radius 1 is 0.895 bits per heavy atom. The van der Waals surface area contributed by atoms with E-state index >= 15 is 0 Å². The normalized spacial score (nSPS) is 12.8. The van der Waals surface area contributed by atoms with E-state index in [0.29, 0.717) is 109 Å². The first-order valence-electron chi connectivity index (χ1n) is 24.3. The molecule has 1 aliphatic rings. The molecule has 0 aliphatic carbocycles. The third-order valence-electron chi connectivity index (χ3n) is 12.5. The van der Waals surface area contributed by atoms with Crippen molar-refractivity contribution in [2.24, 2.45) is 4.99 Å². The fourth-order valence-electron chi connectivity index (χ4n) is 8.80. The van der Waals surface area contributed by atoms with E-state index in [9.17, 15) is 19.2 Å². The molecule has 398 valence electrons. The van der Waals surface area contributed by atoms with Crippen molar-refractivity contribution in [3.8, 4) is 21.9 Å². The lowest BCUT2D eigenvalue weighted by Crippen LogP contribution is -2.37. The Bertz CT molecular complexity index is 3220. The molecule has 7 aromatic rings. The summed E-state index contributed by atoms with van der Waals surface area (Å²) >= 11 is 7.53. The van der Waals surface area contributed by atoms with Crippen LogP contribution in [0.3, 0.4) is 0 Å². The average molecular weight is 1080 g/mol. The number of aromatic nitrogens is 6. The summed E-state index contributed by atoms with van der Waals surface area (Å²) in [5.74, 6) is 1.23. The number of fused-ring (bicyclic) bond motifs is 4. The maximum Gasteiger partial charge on any atom is 0.308 e. The van der Waals surface area contributed by atoms with Gasteiger partial charge in [0.15, 0.2) is 5.82 Å². The Balaban J connectivity index is 0.782. The number of carbonyl (C=O) groups is 4. The zero-order valence-electron chi connectivity index (χ0n) is 43.2. The minimum absolute atomic E-state index is 0.0414. The highest BCUT2D eigenvalue weighted by Crippen LogP contribution is 2.43. The van der Waals surface area contributed by atoms with Gasteiger partial charge in [0.2, 0.25) is 12.3 Å². The topological polar surface area (TPSA) is 240 Å². The molecule has 0 saturated heterocycles. The van der Waals surface area contributed by atoms with Gasteiger partial charge in [0.05, 0.1) is 124 Å². The first kappa shape index (κ1) is 54.6. The predicted octanol–water partition coefficient (Wildman–Crippen LogP) is 6.47. The van der Waals surface area contributed by atoms with Crippen molar-refractivity contribution in [2.75, 3.05) is 90.3 Å². The van der Waals surface area contributed by atoms with Crippen molar-refractivity contribution < 1.29 is 47.4 Å². The number of ether oxygens (including phenoxy) is 5. The van der Waals surface area contributed by atoms with Crippen LogP contribution >= 0.6 is 22.9 Å². The van der Waals surface area contributed by atoms with E-state index in [-0.39, 0.29) is 57.6 Å². The van der Waals surface area contributed by atoms with Crippen LogP contribution < -0.4 is 25.2 Å². The van der Waals surface area contributed by atoms with Gasteiger partial charge in [-0.1, -0.05) is 35.0 Å². The van der Waals surface area contributed by atoms with Gasteiger partial charge >= 0.3 is 5.97 Å². The highest BCUT2D eigenvalue weighted by molar-refractivity contribution is 7.17. The summed E-state index contributed by atoms with van der Waals surface area (Å²) in [6.45, 7) is 9.74. The van der Waals surface area contributed by atoms with Crippen LogP contribution in [0.25, 0.3) is 27.0 Å². The largest absolute Gasteiger partial charge is 0.496 e. The summed E-state index contributed by atoms with van der Waals surface area (Å²) < 4.78 is 35.2. The summed E-state index contributed by atoms with van der Waals surface area (Å²) in [7, 11) is 4.66. The molecule has 76 heavy (non-hydrogen) atoms. The number of benzene rings is 2. The maximum absolute atomic E-state index is 13.7. The van der Waals surface area contributed by atoms with Crippen molar-refractivity contribution in [3.63, 3.8) is 0 Å². The number of amides is 3. The number of carbonyl (C=O) groups excluding carboxylic acids is 4. The summed E-state index contributed by atoms with van der Waals surface area (Å²) in [5.41, 5.74) is 7.38. The summed E-state index contributed by atoms with van der Waals surface area (Å²) in [6, 6.07) is 15.8. The molecule has 8 rings (SSSR count). The van der Waals surface area contributed by atoms with Gasteiger partial charge in [-0.3, -0.25) is 38.7 Å². The van der Waals surface area contributed by atoms with Crippen LogP contribution in [-0.4, -0.2) is 140 Å². The van der Waals surface area contributed by atoms with E-state index in [1.165, 1.54) is 18.4 Å². The highest BCUT2D eigenvalue weighted by atomic mass is 35.5. The Kier molecular flexibility index (Phi) is 18.2. The van der Waals surface area contributed by atoms with Crippen molar-refractivity contribution in [1.29, 1.82) is 0 Å². The number of rotatable bonds is 25. The molecule has 23 heteroatoms. The molecule has 0 radical (unpaired) electrons. The molecule has 0 saturated carbocycles. The van der Waals surface area contributed by atoms with Crippen LogP contribution in [0.15, 0.2) is 76.5 Å². The van der Waals surface area contributed by atoms with Crippen molar-refractivity contribution in [1.82, 2.24) is 40.5 Å². The third-order valence-corrected chi connectivity index (χ3v) is 14.0. The quantitative estimate of drug-likeness (QED) is 0.0354. The first-order valence-corrected chi connectivity index (χ1v) is 25.5. The molecule has 2 aromatic carbocycles. The minimum Gasteiger partial charge on any atom is -0.496 e. The average Bonchev–Trinajstić information content (AvgIpc) is 4.10. The standard InChI is InChI=1S/C53H58ClN11O10S/c1-31-46-48(35-11-13-36(54)14-12-35)59-41(26-45(68)71-7)51-61-60-34(4)65(51)53(46)76-50(31)52(69)57-17-19-73-21-23-74-22-20-72-18-16-56-44(67)29-63(5)42-27-58-40-24-39(47-32(2)62-75-33(47)3)43(70-6)25-38(40)49(42)64(30-66)28-37-10-8-9-15-55-37/h8-15,24-25,27,30,41H,16-23,26,28-29H2,1-7H3,(H,56,67)(H,57,69). The second-order valence-electron chi connectivity index (χ2n) is 17.6. The van der Waals surface area contributed by atoms with Crippen molar-refractivity contribution in [3.05, 3.63) is 122 Å². The van der Waals surface area contributed by atoms with Crippen LogP contribution in [0, 0.1) is 27.7 Å². The number of thiophene rings is 1. The number of hydrogen-bond acceptors (Lipinski definition) is 18. The fraction of sp³-hybridized carbons (Fsp3) is 0.358. The van der Waals surface area contributed by atoms with Gasteiger partial charge in [-0.25, -0.2) is 0 Å². The number of halogens is 1. The number of anilines is 2. The minimum atomic E-state index is -0.683. The van der Waals surface area contributed by atoms with Gasteiger partial charge in [0, 0.05) is 53.4 Å². The van der Waals surface area contributed by atoms with Gasteiger partial charge < -0.3 is 48.6 Å². The van der Waals surface area contributed by atoms with E-state index in [1.54, 1.807) is 54.6 Å². The zero-order chi connectivity index (χ0) is 53.9. The van der Waals surface area contributed by atoms with E-state index in [0.717, 1.165) is 28.7 Å². The molecule has 0 fully saturated rings. The second-order valence-corrected chi connectivity index (χ2v) is 19.0. The van der Waals surface area contributed by atoms with Gasteiger partial charge in [0.25, 0.3) is 5.91 Å². The number of nitrogens with zero attached hydrogens (tertiary/aromatic N) is 9. The number of pyridine rings is 2. The Labute approximate surface area is 447 Å². The smallest absolute Gasteiger partial charge is 0.308 e. The van der Waals surface area contributed by atoms with Crippen LogP contribution in [0.5, 0.6) is 5.75 Å². The molecular weight excluding hydrogens is 1020 g/mol. The fourth-order valence-corrected chi connectivity index (χ4v) is 10.2. The SMILES string of the molecule is COC(=O)CC1N=C(c2ccc(Cl)cc2)c2c(sc(C(=O)NCCOCCOCCOCCNC(=O)CN(C)c3cnc4cc(-c5c(C)noc5C)c(OC)cc4c3N(C=O)Cc3ccccn3)c2C)-n2c(C)nnc21. The predicted molar refractivity (Wildman–Crippen MR) is 286 cm³/mol. The second kappa shape index (κ2) is 25.3. The number of methoxy groups -OCH3 is 2. The highest BCUT2D eigenvalue weighted by Gasteiger charge is 2.34. The lowest BCUT2D eigenvalue weighted by atomic mass is 9.99. The molecule has 2 N–H and O–H groups in total. The molecule has 5 aromatic heterocycles. The number of hydrogen-bond donors (Lipinski definition) is 2. The number of likely N-dealkylation sites (N-methyl/N-ethyl adjacent to an activating group) is 1. The third kappa shape index (κ3) is 12.4.